The smallest absolute Gasteiger partial charge is 0.152 e. The van der Waals surface area contributed by atoms with E-state index in [1.165, 1.54) is 0 Å². The van der Waals surface area contributed by atoms with Crippen molar-refractivity contribution in [2.24, 2.45) is 0 Å². The Morgan fingerprint density at radius 3 is 1.78 bits per heavy atom. The van der Waals surface area contributed by atoms with Crippen molar-refractivity contribution < 1.29 is 26.3 Å². The summed E-state index contributed by atoms with van der Waals surface area (Å²) < 4.78 is 85.6. The van der Waals surface area contributed by atoms with Gasteiger partial charge in [0.1, 0.15) is 23.0 Å². The number of rotatable bonds is 4. The SMILES string of the molecule is C=C1/C=C\C=C/Cc2ccc(Nc3c(F)cc(F)cc3F)cc2-c2cc(Nc3c(F)cc(F)cc3F)ccc2C2=C1C=CCC2. The van der Waals surface area contributed by atoms with E-state index < -0.39 is 46.3 Å². The molecule has 2 N–H and O–H groups in total. The Morgan fingerprint density at radius 2 is 1.16 bits per heavy atom. The van der Waals surface area contributed by atoms with Gasteiger partial charge < -0.3 is 10.6 Å². The monoisotopic (exact) mass is 612 g/mol. The maximum Gasteiger partial charge on any atom is 0.152 e. The second-order valence-electron chi connectivity index (χ2n) is 10.7. The lowest BCUT2D eigenvalue weighted by Gasteiger charge is -2.23. The van der Waals surface area contributed by atoms with E-state index in [4.69, 9.17) is 0 Å². The van der Waals surface area contributed by atoms with Crippen molar-refractivity contribution in [2.45, 2.75) is 19.3 Å². The Morgan fingerprint density at radius 1 is 0.578 bits per heavy atom. The zero-order valence-electron chi connectivity index (χ0n) is 23.8. The van der Waals surface area contributed by atoms with E-state index >= 15 is 0 Å². The van der Waals surface area contributed by atoms with Gasteiger partial charge in [-0.3, -0.25) is 0 Å². The molecule has 0 saturated heterocycles. The molecule has 0 unspecified atom stereocenters. The first-order valence-corrected chi connectivity index (χ1v) is 14.2. The summed E-state index contributed by atoms with van der Waals surface area (Å²) in [7, 11) is 0. The highest BCUT2D eigenvalue weighted by Gasteiger charge is 2.21. The maximum atomic E-state index is 14.6. The number of hydrogen-bond donors (Lipinski definition) is 2. The standard InChI is InChI=1S/C37H26F6N2/c1-21-7-3-2-4-8-22-11-12-25(44-36-32(40)15-23(38)16-33(36)41)19-30(22)31-20-26(45-37-34(42)17-24(39)18-35(37)43)13-14-29(31)28-10-6-5-9-27(21)28/h2-5,7,9,11-20,44-45H,1,6,8,10H2/b4-2-,7-3-. The molecule has 4 aromatic carbocycles. The van der Waals surface area contributed by atoms with Crippen LogP contribution in [0.5, 0.6) is 0 Å². The minimum absolute atomic E-state index is 0.327. The average molecular weight is 613 g/mol. The summed E-state index contributed by atoms with van der Waals surface area (Å²) in [5, 5.41) is 5.49. The number of hydrogen-bond acceptors (Lipinski definition) is 2. The molecule has 6 rings (SSSR count). The van der Waals surface area contributed by atoms with Gasteiger partial charge in [0.05, 0.1) is 0 Å². The summed E-state index contributed by atoms with van der Waals surface area (Å²) >= 11 is 0. The molecule has 226 valence electrons. The predicted octanol–water partition coefficient (Wildman–Crippen LogP) is 11.0. The Balaban J connectivity index is 1.56. The normalized spacial score (nSPS) is 15.7. The van der Waals surface area contributed by atoms with Gasteiger partial charge in [-0.25, -0.2) is 26.3 Å². The van der Waals surface area contributed by atoms with Crippen molar-refractivity contribution in [3.05, 3.63) is 161 Å². The van der Waals surface area contributed by atoms with Crippen molar-refractivity contribution in [1.29, 1.82) is 0 Å². The van der Waals surface area contributed by atoms with Gasteiger partial charge in [0, 0.05) is 35.6 Å². The Hall–Kier alpha value is -5.24. The third-order valence-corrected chi connectivity index (χ3v) is 7.70. The highest BCUT2D eigenvalue weighted by molar-refractivity contribution is 5.90. The van der Waals surface area contributed by atoms with Gasteiger partial charge in [0.2, 0.25) is 0 Å². The molecular formula is C37H26F6N2. The van der Waals surface area contributed by atoms with Gasteiger partial charge in [-0.1, -0.05) is 55.2 Å². The molecule has 0 bridgehead atoms. The van der Waals surface area contributed by atoms with Gasteiger partial charge in [-0.15, -0.1) is 0 Å². The van der Waals surface area contributed by atoms with E-state index in [0.29, 0.717) is 59.6 Å². The Kier molecular flexibility index (Phi) is 8.22. The van der Waals surface area contributed by atoms with Gasteiger partial charge in [0.15, 0.2) is 23.3 Å². The number of fused-ring (bicyclic) bond motifs is 4. The Bertz CT molecular complexity index is 1920. The van der Waals surface area contributed by atoms with Crippen molar-refractivity contribution in [2.75, 3.05) is 10.6 Å². The van der Waals surface area contributed by atoms with Crippen molar-refractivity contribution in [3.8, 4) is 11.1 Å². The summed E-state index contributed by atoms with van der Waals surface area (Å²) in [6.45, 7) is 4.26. The molecule has 4 aromatic rings. The van der Waals surface area contributed by atoms with Crippen molar-refractivity contribution in [3.63, 3.8) is 0 Å². The number of anilines is 4. The average Bonchev–Trinajstić information content (AvgIpc) is 3.00. The van der Waals surface area contributed by atoms with E-state index in [0.717, 1.165) is 34.3 Å². The second-order valence-corrected chi connectivity index (χ2v) is 10.7. The van der Waals surface area contributed by atoms with Crippen LogP contribution < -0.4 is 10.6 Å². The molecular weight excluding hydrogens is 586 g/mol. The summed E-state index contributed by atoms with van der Waals surface area (Å²) in [6, 6.07) is 12.8. The minimum atomic E-state index is -1.09. The van der Waals surface area contributed by atoms with Crippen LogP contribution in [0.2, 0.25) is 0 Å². The van der Waals surface area contributed by atoms with Crippen molar-refractivity contribution in [1.82, 2.24) is 0 Å². The van der Waals surface area contributed by atoms with E-state index in [9.17, 15) is 26.3 Å². The quantitative estimate of drug-likeness (QED) is 0.224. The van der Waals surface area contributed by atoms with Gasteiger partial charge in [0.25, 0.3) is 0 Å². The fourth-order valence-corrected chi connectivity index (χ4v) is 5.58. The molecule has 0 radical (unpaired) electrons. The first kappa shape index (κ1) is 29.8. The number of benzene rings is 4. The van der Waals surface area contributed by atoms with Crippen LogP contribution in [-0.2, 0) is 6.42 Å². The summed E-state index contributed by atoms with van der Waals surface area (Å²) in [6.07, 6.45) is 13.7. The van der Waals surface area contributed by atoms with E-state index in [-0.39, 0.29) is 0 Å². The Labute approximate surface area is 256 Å². The molecule has 0 atom stereocenters. The van der Waals surface area contributed by atoms with Crippen molar-refractivity contribution >= 4 is 28.3 Å². The molecule has 0 aromatic heterocycles. The number of halogens is 6. The van der Waals surface area contributed by atoms with Crippen LogP contribution in [0, 0.1) is 34.9 Å². The molecule has 2 aliphatic rings. The van der Waals surface area contributed by atoms with Gasteiger partial charge in [-0.2, -0.15) is 0 Å². The lowest BCUT2D eigenvalue weighted by atomic mass is 9.83. The number of allylic oxidation sites excluding steroid dienone is 9. The fourth-order valence-electron chi connectivity index (χ4n) is 5.58. The second kappa shape index (κ2) is 12.4. The highest BCUT2D eigenvalue weighted by atomic mass is 19.2. The first-order chi connectivity index (χ1) is 21.7. The lowest BCUT2D eigenvalue weighted by molar-refractivity contribution is 0.548. The zero-order valence-corrected chi connectivity index (χ0v) is 23.8. The van der Waals surface area contributed by atoms with E-state index in [1.807, 2.05) is 42.5 Å². The molecule has 2 nitrogen and oxygen atoms in total. The van der Waals surface area contributed by atoms with Crippen LogP contribution in [0.25, 0.3) is 16.7 Å². The van der Waals surface area contributed by atoms with Crippen LogP contribution in [0.3, 0.4) is 0 Å². The maximum absolute atomic E-state index is 14.6. The van der Waals surface area contributed by atoms with E-state index in [1.54, 1.807) is 24.3 Å². The topological polar surface area (TPSA) is 24.1 Å². The molecule has 0 fully saturated rings. The molecule has 0 heterocycles. The largest absolute Gasteiger partial charge is 0.351 e. The third-order valence-electron chi connectivity index (χ3n) is 7.70. The van der Waals surface area contributed by atoms with Gasteiger partial charge >= 0.3 is 0 Å². The molecule has 2 aliphatic carbocycles. The van der Waals surface area contributed by atoms with Crippen LogP contribution in [-0.4, -0.2) is 0 Å². The van der Waals surface area contributed by atoms with Crippen LogP contribution >= 0.6 is 0 Å². The van der Waals surface area contributed by atoms with Crippen LogP contribution in [0.1, 0.15) is 24.0 Å². The first-order valence-electron chi connectivity index (χ1n) is 14.2. The van der Waals surface area contributed by atoms with E-state index in [2.05, 4.69) is 23.3 Å². The minimum Gasteiger partial charge on any atom is -0.351 e. The summed E-state index contributed by atoms with van der Waals surface area (Å²) in [5.41, 5.74) is 5.41. The lowest BCUT2D eigenvalue weighted by Crippen LogP contribution is -2.04. The van der Waals surface area contributed by atoms with Crippen LogP contribution in [0.15, 0.2) is 115 Å². The fraction of sp³-hybridized carbons (Fsp3) is 0.0811. The number of nitrogens with one attached hydrogen (secondary N) is 2. The predicted molar refractivity (Wildman–Crippen MR) is 167 cm³/mol. The summed E-state index contributed by atoms with van der Waals surface area (Å²) in [4.78, 5) is 0. The molecule has 8 heteroatoms. The molecule has 0 aliphatic heterocycles. The molecule has 45 heavy (non-hydrogen) atoms. The molecule has 0 amide bonds. The third kappa shape index (κ3) is 6.22. The molecule has 0 spiro atoms. The highest BCUT2D eigenvalue weighted by Crippen LogP contribution is 2.42. The summed E-state index contributed by atoms with van der Waals surface area (Å²) in [5.74, 6) is -6.44. The van der Waals surface area contributed by atoms with Crippen LogP contribution in [0.4, 0.5) is 49.1 Å². The van der Waals surface area contributed by atoms with Gasteiger partial charge in [-0.05, 0) is 82.5 Å². The molecule has 0 saturated carbocycles. The zero-order chi connectivity index (χ0) is 31.7.